The van der Waals surface area contributed by atoms with E-state index in [0.29, 0.717) is 0 Å². The summed E-state index contributed by atoms with van der Waals surface area (Å²) in [5.41, 5.74) is 0. The zero-order valence-corrected chi connectivity index (χ0v) is 10.7. The molecule has 0 bridgehead atoms. The Morgan fingerprint density at radius 1 is 1.35 bits per heavy atom. The van der Waals surface area contributed by atoms with Crippen LogP contribution >= 0.6 is 0 Å². The number of hydrogen-bond acceptors (Lipinski definition) is 4. The number of sulfone groups is 1. The van der Waals surface area contributed by atoms with Crippen molar-refractivity contribution < 1.29 is 23.1 Å². The van der Waals surface area contributed by atoms with Gasteiger partial charge in [0.25, 0.3) is 0 Å². The fourth-order valence-electron chi connectivity index (χ4n) is 1.27. The highest BCUT2D eigenvalue weighted by Gasteiger charge is 2.34. The summed E-state index contributed by atoms with van der Waals surface area (Å²) in [6.45, 7) is 2.60. The predicted octanol–water partition coefficient (Wildman–Crippen LogP) is -0.211. The highest BCUT2D eigenvalue weighted by Crippen LogP contribution is 2.19. The van der Waals surface area contributed by atoms with Crippen molar-refractivity contribution in [3.63, 3.8) is 0 Å². The molecule has 0 spiro atoms. The van der Waals surface area contributed by atoms with Gasteiger partial charge in [0.05, 0.1) is 11.7 Å². The number of carboxylic acid groups (broad SMARTS) is 1. The summed E-state index contributed by atoms with van der Waals surface area (Å²) in [6.07, 6.45) is 1.76. The molecule has 1 amide bonds. The highest BCUT2D eigenvalue weighted by atomic mass is 32.2. The van der Waals surface area contributed by atoms with E-state index in [2.05, 4.69) is 5.32 Å². The van der Waals surface area contributed by atoms with E-state index in [-0.39, 0.29) is 6.04 Å². The standard InChI is InChI=1S/C10H17NO5S/c1-6(10(13)14)5-17(15,16)7(2)9(12)11-8-3-4-8/h6-8H,3-5H2,1-2H3,(H,11,12)(H,13,14). The molecule has 6 nitrogen and oxygen atoms in total. The van der Waals surface area contributed by atoms with Gasteiger partial charge in [-0.05, 0) is 19.8 Å². The molecule has 7 heteroatoms. The Bertz CT molecular complexity index is 412. The molecule has 1 rings (SSSR count). The zero-order valence-electron chi connectivity index (χ0n) is 9.84. The van der Waals surface area contributed by atoms with E-state index in [0.717, 1.165) is 12.8 Å². The Kier molecular flexibility index (Phi) is 4.13. The average Bonchev–Trinajstić information content (AvgIpc) is 2.99. The normalized spacial score (nSPS) is 19.4. The van der Waals surface area contributed by atoms with Crippen molar-refractivity contribution in [2.75, 3.05) is 5.75 Å². The van der Waals surface area contributed by atoms with Crippen LogP contribution in [0, 0.1) is 5.92 Å². The van der Waals surface area contributed by atoms with Crippen LogP contribution < -0.4 is 5.32 Å². The number of amides is 1. The lowest BCUT2D eigenvalue weighted by Crippen LogP contribution is -2.41. The van der Waals surface area contributed by atoms with Gasteiger partial charge in [-0.2, -0.15) is 0 Å². The Morgan fingerprint density at radius 3 is 2.29 bits per heavy atom. The Morgan fingerprint density at radius 2 is 1.88 bits per heavy atom. The number of carbonyl (C=O) groups is 2. The first-order valence-electron chi connectivity index (χ1n) is 5.49. The molecule has 2 atom stereocenters. The van der Waals surface area contributed by atoms with Gasteiger partial charge in [0, 0.05) is 6.04 Å². The maximum Gasteiger partial charge on any atom is 0.307 e. The lowest BCUT2D eigenvalue weighted by Gasteiger charge is -2.14. The smallest absolute Gasteiger partial charge is 0.307 e. The molecule has 1 aliphatic rings. The monoisotopic (exact) mass is 263 g/mol. The highest BCUT2D eigenvalue weighted by molar-refractivity contribution is 7.92. The maximum atomic E-state index is 11.8. The number of carboxylic acids is 1. The van der Waals surface area contributed by atoms with Crippen LogP contribution in [0.4, 0.5) is 0 Å². The fourth-order valence-corrected chi connectivity index (χ4v) is 2.80. The van der Waals surface area contributed by atoms with E-state index in [1.165, 1.54) is 13.8 Å². The van der Waals surface area contributed by atoms with Crippen LogP contribution in [-0.2, 0) is 19.4 Å². The van der Waals surface area contributed by atoms with Crippen molar-refractivity contribution in [1.82, 2.24) is 5.32 Å². The van der Waals surface area contributed by atoms with E-state index in [9.17, 15) is 18.0 Å². The van der Waals surface area contributed by atoms with Gasteiger partial charge >= 0.3 is 5.97 Å². The van der Waals surface area contributed by atoms with Crippen LogP contribution in [0.5, 0.6) is 0 Å². The van der Waals surface area contributed by atoms with E-state index in [1.807, 2.05) is 0 Å². The first-order valence-corrected chi connectivity index (χ1v) is 7.20. The third-order valence-electron chi connectivity index (χ3n) is 2.74. The van der Waals surface area contributed by atoms with Gasteiger partial charge in [0.2, 0.25) is 5.91 Å². The van der Waals surface area contributed by atoms with Gasteiger partial charge < -0.3 is 10.4 Å². The Hall–Kier alpha value is -1.11. The van der Waals surface area contributed by atoms with Gasteiger partial charge in [-0.1, -0.05) is 6.92 Å². The molecule has 0 heterocycles. The summed E-state index contributed by atoms with van der Waals surface area (Å²) in [5, 5.41) is 10.1. The summed E-state index contributed by atoms with van der Waals surface area (Å²) in [4.78, 5) is 22.1. The van der Waals surface area contributed by atoms with Crippen molar-refractivity contribution in [2.45, 2.75) is 38.0 Å². The summed E-state index contributed by atoms with van der Waals surface area (Å²) >= 11 is 0. The van der Waals surface area contributed by atoms with Crippen LogP contribution in [0.15, 0.2) is 0 Å². The second kappa shape index (κ2) is 5.03. The number of rotatable bonds is 6. The van der Waals surface area contributed by atoms with Crippen molar-refractivity contribution >= 4 is 21.7 Å². The minimum Gasteiger partial charge on any atom is -0.481 e. The Balaban J connectivity index is 2.61. The van der Waals surface area contributed by atoms with Crippen LogP contribution in [0.3, 0.4) is 0 Å². The molecule has 1 fully saturated rings. The predicted molar refractivity (Wildman–Crippen MR) is 61.2 cm³/mol. The van der Waals surface area contributed by atoms with Gasteiger partial charge in [0.1, 0.15) is 5.25 Å². The Labute approximate surface area is 100 Å². The molecule has 0 radical (unpaired) electrons. The molecule has 17 heavy (non-hydrogen) atoms. The third-order valence-corrected chi connectivity index (χ3v) is 4.99. The van der Waals surface area contributed by atoms with E-state index < -0.39 is 38.6 Å². The molecule has 0 aromatic carbocycles. The second-order valence-corrected chi connectivity index (χ2v) is 6.86. The van der Waals surface area contributed by atoms with Crippen LogP contribution in [-0.4, -0.2) is 42.4 Å². The summed E-state index contributed by atoms with van der Waals surface area (Å²) in [7, 11) is -3.71. The summed E-state index contributed by atoms with van der Waals surface area (Å²) in [6, 6.07) is 0.0945. The molecule has 2 unspecified atom stereocenters. The van der Waals surface area contributed by atoms with Gasteiger partial charge in [-0.15, -0.1) is 0 Å². The largest absolute Gasteiger partial charge is 0.481 e. The first-order chi connectivity index (χ1) is 7.74. The van der Waals surface area contributed by atoms with E-state index >= 15 is 0 Å². The molecule has 0 saturated heterocycles. The first kappa shape index (κ1) is 14.0. The van der Waals surface area contributed by atoms with Crippen molar-refractivity contribution in [2.24, 2.45) is 5.92 Å². The molecular formula is C10H17NO5S. The molecule has 1 aliphatic carbocycles. The average molecular weight is 263 g/mol. The maximum absolute atomic E-state index is 11.8. The van der Waals surface area contributed by atoms with Crippen molar-refractivity contribution in [3.05, 3.63) is 0 Å². The van der Waals surface area contributed by atoms with Gasteiger partial charge in [-0.3, -0.25) is 9.59 Å². The minimum absolute atomic E-state index is 0.0945. The molecular weight excluding hydrogens is 246 g/mol. The summed E-state index contributed by atoms with van der Waals surface area (Å²) in [5.74, 6) is -3.23. The second-order valence-electron chi connectivity index (χ2n) is 4.49. The van der Waals surface area contributed by atoms with E-state index in [4.69, 9.17) is 5.11 Å². The SMILES string of the molecule is CC(CS(=O)(=O)C(C)C(=O)NC1CC1)C(=O)O. The number of aliphatic carboxylic acids is 1. The minimum atomic E-state index is -3.71. The number of carbonyl (C=O) groups excluding carboxylic acids is 1. The number of nitrogens with one attached hydrogen (secondary N) is 1. The molecule has 0 aromatic heterocycles. The van der Waals surface area contributed by atoms with Gasteiger partial charge in [0.15, 0.2) is 9.84 Å². The van der Waals surface area contributed by atoms with E-state index in [1.54, 1.807) is 0 Å². The molecule has 1 saturated carbocycles. The zero-order chi connectivity index (χ0) is 13.2. The topological polar surface area (TPSA) is 101 Å². The molecule has 0 aliphatic heterocycles. The van der Waals surface area contributed by atoms with Crippen LogP contribution in [0.25, 0.3) is 0 Å². The van der Waals surface area contributed by atoms with Crippen LogP contribution in [0.1, 0.15) is 26.7 Å². The number of hydrogen-bond donors (Lipinski definition) is 2. The van der Waals surface area contributed by atoms with Crippen LogP contribution in [0.2, 0.25) is 0 Å². The third kappa shape index (κ3) is 3.99. The lowest BCUT2D eigenvalue weighted by molar-refractivity contribution is -0.140. The molecule has 2 N–H and O–H groups in total. The lowest BCUT2D eigenvalue weighted by atomic mass is 10.2. The molecule has 0 aromatic rings. The van der Waals surface area contributed by atoms with Crippen molar-refractivity contribution in [3.8, 4) is 0 Å². The van der Waals surface area contributed by atoms with Crippen molar-refractivity contribution in [1.29, 1.82) is 0 Å². The van der Waals surface area contributed by atoms with Gasteiger partial charge in [-0.25, -0.2) is 8.42 Å². The quantitative estimate of drug-likeness (QED) is 0.690. The molecule has 98 valence electrons. The fraction of sp³-hybridized carbons (Fsp3) is 0.800. The summed E-state index contributed by atoms with van der Waals surface area (Å²) < 4.78 is 23.5.